The standard InChI is InChI=1S/C11H23N3O3S/c1-9-6-12-4-5-14(9)18(15,16)13-7-10(2)17-11(3)8-13/h9-12H,4-8H2,1-3H3/t9-,10?,11?/m0/s1. The van der Waals surface area contributed by atoms with Crippen molar-refractivity contribution in [3.05, 3.63) is 0 Å². The summed E-state index contributed by atoms with van der Waals surface area (Å²) in [6, 6.07) is 0.0113. The third-order valence-corrected chi connectivity index (χ3v) is 5.53. The van der Waals surface area contributed by atoms with E-state index in [0.717, 1.165) is 6.54 Å². The van der Waals surface area contributed by atoms with Crippen LogP contribution in [0.15, 0.2) is 0 Å². The molecule has 0 amide bonds. The smallest absolute Gasteiger partial charge is 0.282 e. The number of piperazine rings is 1. The molecule has 6 nitrogen and oxygen atoms in total. The van der Waals surface area contributed by atoms with Crippen molar-refractivity contribution in [1.82, 2.24) is 13.9 Å². The van der Waals surface area contributed by atoms with Crippen LogP contribution in [0.5, 0.6) is 0 Å². The first-order valence-corrected chi connectivity index (χ1v) is 7.94. The van der Waals surface area contributed by atoms with Crippen LogP contribution in [-0.4, -0.2) is 68.0 Å². The molecule has 2 fully saturated rings. The molecular formula is C11H23N3O3S. The molecule has 0 aliphatic carbocycles. The minimum absolute atomic E-state index is 0.0113. The van der Waals surface area contributed by atoms with Crippen molar-refractivity contribution < 1.29 is 13.2 Å². The third-order valence-electron chi connectivity index (χ3n) is 3.45. The summed E-state index contributed by atoms with van der Waals surface area (Å²) in [4.78, 5) is 0. The summed E-state index contributed by atoms with van der Waals surface area (Å²) >= 11 is 0. The first-order chi connectivity index (χ1) is 8.41. The summed E-state index contributed by atoms with van der Waals surface area (Å²) in [5.41, 5.74) is 0. The Hall–Kier alpha value is -0.210. The van der Waals surface area contributed by atoms with Crippen LogP contribution in [0.3, 0.4) is 0 Å². The molecule has 0 spiro atoms. The Labute approximate surface area is 109 Å². The van der Waals surface area contributed by atoms with Gasteiger partial charge in [-0.05, 0) is 20.8 Å². The van der Waals surface area contributed by atoms with Gasteiger partial charge in [-0.25, -0.2) is 0 Å². The number of morpholine rings is 1. The van der Waals surface area contributed by atoms with E-state index in [2.05, 4.69) is 5.32 Å². The highest BCUT2D eigenvalue weighted by molar-refractivity contribution is 7.86. The van der Waals surface area contributed by atoms with Crippen LogP contribution in [0.25, 0.3) is 0 Å². The van der Waals surface area contributed by atoms with Gasteiger partial charge < -0.3 is 10.1 Å². The van der Waals surface area contributed by atoms with E-state index in [4.69, 9.17) is 4.74 Å². The molecule has 1 N–H and O–H groups in total. The normalized spacial score (nSPS) is 36.7. The average Bonchev–Trinajstić information content (AvgIpc) is 2.28. The molecule has 2 saturated heterocycles. The molecule has 0 saturated carbocycles. The highest BCUT2D eigenvalue weighted by Crippen LogP contribution is 2.19. The molecule has 2 rings (SSSR count). The van der Waals surface area contributed by atoms with E-state index in [9.17, 15) is 8.42 Å². The summed E-state index contributed by atoms with van der Waals surface area (Å²) in [5, 5.41) is 3.21. The zero-order valence-corrected chi connectivity index (χ0v) is 12.1. The second-order valence-corrected chi connectivity index (χ2v) is 7.13. The SMILES string of the molecule is CC1CN(S(=O)(=O)N2CCNC[C@@H]2C)CC(C)O1. The van der Waals surface area contributed by atoms with Crippen LogP contribution < -0.4 is 5.32 Å². The fraction of sp³-hybridized carbons (Fsp3) is 1.00. The van der Waals surface area contributed by atoms with E-state index in [1.807, 2.05) is 20.8 Å². The number of rotatable bonds is 2. The van der Waals surface area contributed by atoms with Crippen LogP contribution in [-0.2, 0) is 14.9 Å². The van der Waals surface area contributed by atoms with Crippen LogP contribution >= 0.6 is 0 Å². The van der Waals surface area contributed by atoms with Gasteiger partial charge in [0.25, 0.3) is 10.2 Å². The molecule has 0 bridgehead atoms. The predicted molar refractivity (Wildman–Crippen MR) is 69.5 cm³/mol. The van der Waals surface area contributed by atoms with Gasteiger partial charge in [-0.15, -0.1) is 0 Å². The Morgan fingerprint density at radius 2 is 1.78 bits per heavy atom. The Kier molecular flexibility index (Phi) is 4.28. The van der Waals surface area contributed by atoms with E-state index in [-0.39, 0.29) is 18.2 Å². The molecule has 106 valence electrons. The van der Waals surface area contributed by atoms with E-state index >= 15 is 0 Å². The van der Waals surface area contributed by atoms with Gasteiger partial charge >= 0.3 is 0 Å². The van der Waals surface area contributed by atoms with E-state index < -0.39 is 10.2 Å². The molecule has 2 aliphatic heterocycles. The van der Waals surface area contributed by atoms with Crippen molar-refractivity contribution in [3.8, 4) is 0 Å². The van der Waals surface area contributed by atoms with Gasteiger partial charge in [0.15, 0.2) is 0 Å². The van der Waals surface area contributed by atoms with Gasteiger partial charge in [-0.1, -0.05) is 0 Å². The Bertz CT molecular complexity index is 377. The molecule has 0 aromatic heterocycles. The lowest BCUT2D eigenvalue weighted by Crippen LogP contribution is -2.59. The van der Waals surface area contributed by atoms with Gasteiger partial charge in [0.1, 0.15) is 0 Å². The van der Waals surface area contributed by atoms with E-state index in [1.165, 1.54) is 0 Å². The topological polar surface area (TPSA) is 61.9 Å². The van der Waals surface area contributed by atoms with Gasteiger partial charge in [-0.3, -0.25) is 0 Å². The van der Waals surface area contributed by atoms with Crippen molar-refractivity contribution in [1.29, 1.82) is 0 Å². The lowest BCUT2D eigenvalue weighted by Gasteiger charge is -2.40. The second-order valence-electron chi connectivity index (χ2n) is 5.25. The lowest BCUT2D eigenvalue weighted by atomic mass is 10.3. The van der Waals surface area contributed by atoms with Crippen molar-refractivity contribution >= 4 is 10.2 Å². The van der Waals surface area contributed by atoms with Gasteiger partial charge in [0.05, 0.1) is 12.2 Å². The summed E-state index contributed by atoms with van der Waals surface area (Å²) < 4.78 is 34.0. The van der Waals surface area contributed by atoms with E-state index in [0.29, 0.717) is 26.2 Å². The maximum absolute atomic E-state index is 12.6. The van der Waals surface area contributed by atoms with Crippen LogP contribution in [0, 0.1) is 0 Å². The first-order valence-electron chi connectivity index (χ1n) is 6.54. The fourth-order valence-electron chi connectivity index (χ4n) is 2.63. The number of hydrogen-bond acceptors (Lipinski definition) is 4. The number of hydrogen-bond donors (Lipinski definition) is 1. The Balaban J connectivity index is 2.14. The highest BCUT2D eigenvalue weighted by atomic mass is 32.2. The summed E-state index contributed by atoms with van der Waals surface area (Å²) in [5.74, 6) is 0. The second kappa shape index (κ2) is 5.42. The third kappa shape index (κ3) is 2.85. The van der Waals surface area contributed by atoms with Crippen LogP contribution in [0.4, 0.5) is 0 Å². The highest BCUT2D eigenvalue weighted by Gasteiger charge is 2.38. The maximum atomic E-state index is 12.6. The Morgan fingerprint density at radius 1 is 1.17 bits per heavy atom. The zero-order chi connectivity index (χ0) is 13.3. The van der Waals surface area contributed by atoms with Crippen molar-refractivity contribution in [2.75, 3.05) is 32.7 Å². The molecule has 3 atom stereocenters. The molecule has 2 aliphatic rings. The van der Waals surface area contributed by atoms with Crippen LogP contribution in [0.1, 0.15) is 20.8 Å². The maximum Gasteiger partial charge on any atom is 0.282 e. The molecule has 7 heteroatoms. The molecule has 0 radical (unpaired) electrons. The largest absolute Gasteiger partial charge is 0.373 e. The first kappa shape index (κ1) is 14.2. The average molecular weight is 277 g/mol. The molecule has 2 unspecified atom stereocenters. The predicted octanol–water partition coefficient (Wildman–Crippen LogP) is -0.366. The molecular weight excluding hydrogens is 254 g/mol. The molecule has 0 aromatic rings. The minimum Gasteiger partial charge on any atom is -0.373 e. The van der Waals surface area contributed by atoms with Crippen molar-refractivity contribution in [2.24, 2.45) is 0 Å². The van der Waals surface area contributed by atoms with Gasteiger partial charge in [0, 0.05) is 38.8 Å². The van der Waals surface area contributed by atoms with Crippen LogP contribution in [0.2, 0.25) is 0 Å². The number of nitrogens with one attached hydrogen (secondary N) is 1. The van der Waals surface area contributed by atoms with Crippen molar-refractivity contribution in [3.63, 3.8) is 0 Å². The summed E-state index contributed by atoms with van der Waals surface area (Å²) in [6.45, 7) is 8.65. The summed E-state index contributed by atoms with van der Waals surface area (Å²) in [6.07, 6.45) is -0.0801. The lowest BCUT2D eigenvalue weighted by molar-refractivity contribution is -0.0458. The van der Waals surface area contributed by atoms with Crippen molar-refractivity contribution in [2.45, 2.75) is 39.0 Å². The zero-order valence-electron chi connectivity index (χ0n) is 11.3. The van der Waals surface area contributed by atoms with E-state index in [1.54, 1.807) is 8.61 Å². The van der Waals surface area contributed by atoms with Gasteiger partial charge in [0.2, 0.25) is 0 Å². The number of nitrogens with zero attached hydrogens (tertiary/aromatic N) is 2. The summed E-state index contributed by atoms with van der Waals surface area (Å²) in [7, 11) is -3.35. The fourth-order valence-corrected chi connectivity index (χ4v) is 4.58. The molecule has 2 heterocycles. The quantitative estimate of drug-likeness (QED) is 0.748. The molecule has 0 aromatic carbocycles. The Morgan fingerprint density at radius 3 is 2.33 bits per heavy atom. The van der Waals surface area contributed by atoms with Gasteiger partial charge in [-0.2, -0.15) is 17.0 Å². The molecule has 18 heavy (non-hydrogen) atoms. The monoisotopic (exact) mass is 277 g/mol. The number of ether oxygens (including phenoxy) is 1. The minimum atomic E-state index is -3.35.